The van der Waals surface area contributed by atoms with Crippen LogP contribution in [0.25, 0.3) is 30.3 Å². The second-order valence-electron chi connectivity index (χ2n) is 6.10. The van der Waals surface area contributed by atoms with Crippen LogP contribution in [0.15, 0.2) is 60.7 Å². The predicted octanol–water partition coefficient (Wildman–Crippen LogP) is 6.12. The van der Waals surface area contributed by atoms with Crippen LogP contribution >= 0.6 is 34.0 Å². The van der Waals surface area contributed by atoms with E-state index < -0.39 is 5.92 Å². The first-order chi connectivity index (χ1) is 13.7. The summed E-state index contributed by atoms with van der Waals surface area (Å²) in [6.07, 6.45) is 0. The molecule has 0 spiro atoms. The lowest BCUT2D eigenvalue weighted by Crippen LogP contribution is -2.09. The van der Waals surface area contributed by atoms with Crippen molar-refractivity contribution >= 4 is 60.2 Å². The highest BCUT2D eigenvalue weighted by molar-refractivity contribution is 7.26. The number of ketones is 1. The first kappa shape index (κ1) is 17.2. The minimum absolute atomic E-state index is 0.209. The number of nitrogens with zero attached hydrogens (tertiary/aromatic N) is 3. The summed E-state index contributed by atoms with van der Waals surface area (Å²) in [6.45, 7) is 0. The summed E-state index contributed by atoms with van der Waals surface area (Å²) in [5, 5.41) is 11.1. The normalized spacial score (nSPS) is 12.2. The average Bonchev–Trinajstić information content (AvgIpc) is 3.44. The number of para-hydroxylation sites is 2. The molecule has 0 fully saturated rings. The van der Waals surface area contributed by atoms with Crippen LogP contribution in [0.5, 0.6) is 0 Å². The quantitative estimate of drug-likeness (QED) is 0.330. The van der Waals surface area contributed by atoms with Crippen molar-refractivity contribution in [1.29, 1.82) is 5.26 Å². The van der Waals surface area contributed by atoms with E-state index in [1.165, 1.54) is 22.7 Å². The van der Waals surface area contributed by atoms with Crippen molar-refractivity contribution in [2.24, 2.45) is 0 Å². The molecule has 4 nitrogen and oxygen atoms in total. The van der Waals surface area contributed by atoms with E-state index in [0.717, 1.165) is 30.3 Å². The molecule has 0 saturated heterocycles. The first-order valence-corrected chi connectivity index (χ1v) is 10.9. The Balaban J connectivity index is 1.48. The Morgan fingerprint density at radius 2 is 1.54 bits per heavy atom. The van der Waals surface area contributed by atoms with Gasteiger partial charge in [0.25, 0.3) is 0 Å². The molecule has 5 aromatic rings. The van der Waals surface area contributed by atoms with Crippen LogP contribution < -0.4 is 0 Å². The molecule has 2 aromatic carbocycles. The largest absolute Gasteiger partial charge is 0.291 e. The van der Waals surface area contributed by atoms with Gasteiger partial charge in [-0.15, -0.1) is 34.0 Å². The van der Waals surface area contributed by atoms with Crippen molar-refractivity contribution in [1.82, 2.24) is 9.97 Å². The van der Waals surface area contributed by atoms with Gasteiger partial charge < -0.3 is 0 Å². The summed E-state index contributed by atoms with van der Waals surface area (Å²) < 4.78 is 2.09. The third kappa shape index (κ3) is 2.92. The van der Waals surface area contributed by atoms with Gasteiger partial charge >= 0.3 is 0 Å². The molecule has 1 unspecified atom stereocenters. The Hall–Kier alpha value is -2.92. The molecule has 5 rings (SSSR count). The SMILES string of the molecule is N#CC(C(=O)c1ccc(-c2nc3ccccc3s2)s1)c1nc2ccccc2s1. The van der Waals surface area contributed by atoms with Crippen molar-refractivity contribution < 1.29 is 4.79 Å². The van der Waals surface area contributed by atoms with E-state index in [2.05, 4.69) is 16.0 Å². The molecule has 0 radical (unpaired) electrons. The summed E-state index contributed by atoms with van der Waals surface area (Å²) in [5.41, 5.74) is 1.77. The fourth-order valence-electron chi connectivity index (χ4n) is 2.94. The molecular formula is C21H11N3OS3. The van der Waals surface area contributed by atoms with Gasteiger partial charge in [-0.25, -0.2) is 9.97 Å². The Bertz CT molecular complexity index is 1310. The maximum Gasteiger partial charge on any atom is 0.196 e. The van der Waals surface area contributed by atoms with Gasteiger partial charge in [-0.2, -0.15) is 5.26 Å². The highest BCUT2D eigenvalue weighted by Gasteiger charge is 2.27. The Kier molecular flexibility index (Phi) is 4.24. The predicted molar refractivity (Wildman–Crippen MR) is 115 cm³/mol. The highest BCUT2D eigenvalue weighted by Crippen LogP contribution is 2.36. The van der Waals surface area contributed by atoms with Crippen LogP contribution in [-0.2, 0) is 0 Å². The molecule has 0 aliphatic heterocycles. The van der Waals surface area contributed by atoms with Crippen LogP contribution in [0.2, 0.25) is 0 Å². The zero-order valence-electron chi connectivity index (χ0n) is 14.3. The summed E-state index contributed by atoms with van der Waals surface area (Å²) >= 11 is 4.38. The van der Waals surface area contributed by atoms with Crippen molar-refractivity contribution in [2.45, 2.75) is 5.92 Å². The van der Waals surface area contributed by atoms with Crippen molar-refractivity contribution in [3.8, 4) is 16.0 Å². The number of nitriles is 1. The third-order valence-corrected chi connectivity index (χ3v) is 7.71. The lowest BCUT2D eigenvalue weighted by molar-refractivity contribution is 0.0983. The fourth-order valence-corrected chi connectivity index (χ4v) is 5.95. The highest BCUT2D eigenvalue weighted by atomic mass is 32.1. The smallest absolute Gasteiger partial charge is 0.196 e. The molecule has 0 aliphatic rings. The molecule has 0 aliphatic carbocycles. The zero-order valence-corrected chi connectivity index (χ0v) is 16.8. The second-order valence-corrected chi connectivity index (χ2v) is 9.27. The first-order valence-electron chi connectivity index (χ1n) is 8.48. The van der Waals surface area contributed by atoms with Gasteiger partial charge in [0.05, 0.1) is 36.3 Å². The molecule has 3 heterocycles. The minimum atomic E-state index is -0.890. The Morgan fingerprint density at radius 1 is 0.857 bits per heavy atom. The lowest BCUT2D eigenvalue weighted by Gasteiger charge is -2.02. The van der Waals surface area contributed by atoms with E-state index in [1.54, 1.807) is 17.4 Å². The van der Waals surface area contributed by atoms with Crippen LogP contribution in [0.4, 0.5) is 0 Å². The van der Waals surface area contributed by atoms with Crippen LogP contribution in [-0.4, -0.2) is 15.8 Å². The van der Waals surface area contributed by atoms with E-state index >= 15 is 0 Å². The Morgan fingerprint density at radius 3 is 2.21 bits per heavy atom. The average molecular weight is 418 g/mol. The molecule has 0 saturated carbocycles. The lowest BCUT2D eigenvalue weighted by atomic mass is 10.1. The van der Waals surface area contributed by atoms with Gasteiger partial charge in [0.1, 0.15) is 10.0 Å². The molecule has 134 valence electrons. The number of hydrogen-bond donors (Lipinski definition) is 0. The molecule has 7 heteroatoms. The number of benzene rings is 2. The standard InChI is InChI=1S/C21H11N3OS3/c22-11-12(20-23-13-5-1-3-7-15(13)27-20)19(25)17-9-10-18(26-17)21-24-14-6-2-4-8-16(14)28-21/h1-10,12H. The van der Waals surface area contributed by atoms with Gasteiger partial charge in [0.2, 0.25) is 0 Å². The maximum atomic E-state index is 13.0. The minimum Gasteiger partial charge on any atom is -0.291 e. The van der Waals surface area contributed by atoms with Crippen LogP contribution in [0.3, 0.4) is 0 Å². The fraction of sp³-hybridized carbons (Fsp3) is 0.0476. The van der Waals surface area contributed by atoms with E-state index in [-0.39, 0.29) is 5.78 Å². The number of fused-ring (bicyclic) bond motifs is 2. The topological polar surface area (TPSA) is 66.6 Å². The summed E-state index contributed by atoms with van der Waals surface area (Å²) in [4.78, 5) is 23.6. The van der Waals surface area contributed by atoms with Gasteiger partial charge in [0, 0.05) is 0 Å². The molecular weight excluding hydrogens is 406 g/mol. The van der Waals surface area contributed by atoms with Gasteiger partial charge in [-0.1, -0.05) is 24.3 Å². The number of thiophene rings is 1. The molecule has 28 heavy (non-hydrogen) atoms. The van der Waals surface area contributed by atoms with E-state index in [4.69, 9.17) is 0 Å². The van der Waals surface area contributed by atoms with E-state index in [1.807, 2.05) is 54.6 Å². The number of Topliss-reactive ketones (excluding diaryl/α,β-unsaturated/α-hetero) is 1. The van der Waals surface area contributed by atoms with Crippen molar-refractivity contribution in [3.05, 3.63) is 70.5 Å². The summed E-state index contributed by atoms with van der Waals surface area (Å²) in [7, 11) is 0. The van der Waals surface area contributed by atoms with E-state index in [0.29, 0.717) is 9.88 Å². The summed E-state index contributed by atoms with van der Waals surface area (Å²) in [6, 6.07) is 21.5. The monoisotopic (exact) mass is 417 g/mol. The van der Waals surface area contributed by atoms with Crippen molar-refractivity contribution in [2.75, 3.05) is 0 Å². The summed E-state index contributed by atoms with van der Waals surface area (Å²) in [5.74, 6) is -1.10. The second kappa shape index (κ2) is 6.91. The van der Waals surface area contributed by atoms with Gasteiger partial charge in [-0.3, -0.25) is 4.79 Å². The maximum absolute atomic E-state index is 13.0. The van der Waals surface area contributed by atoms with Crippen LogP contribution in [0, 0.1) is 11.3 Å². The molecule has 0 N–H and O–H groups in total. The molecule has 0 amide bonds. The number of carbonyl (C=O) groups excluding carboxylic acids is 1. The zero-order chi connectivity index (χ0) is 19.1. The molecule has 1 atom stereocenters. The number of carbonyl (C=O) groups is 1. The number of aromatic nitrogens is 2. The van der Waals surface area contributed by atoms with Gasteiger partial charge in [0.15, 0.2) is 11.7 Å². The van der Waals surface area contributed by atoms with E-state index in [9.17, 15) is 10.1 Å². The van der Waals surface area contributed by atoms with Crippen molar-refractivity contribution in [3.63, 3.8) is 0 Å². The Labute approximate surface area is 172 Å². The number of hydrogen-bond acceptors (Lipinski definition) is 7. The van der Waals surface area contributed by atoms with Gasteiger partial charge in [-0.05, 0) is 36.4 Å². The number of rotatable bonds is 4. The molecule has 0 bridgehead atoms. The van der Waals surface area contributed by atoms with Crippen LogP contribution in [0.1, 0.15) is 20.6 Å². The number of thiazole rings is 2. The third-order valence-electron chi connectivity index (χ3n) is 4.30. The molecule has 3 aromatic heterocycles.